The van der Waals surface area contributed by atoms with Gasteiger partial charge in [-0.1, -0.05) is 30.7 Å². The van der Waals surface area contributed by atoms with Gasteiger partial charge in [0.15, 0.2) is 6.61 Å². The van der Waals surface area contributed by atoms with E-state index in [2.05, 4.69) is 6.07 Å². The fourth-order valence-corrected chi connectivity index (χ4v) is 6.30. The molecule has 0 spiro atoms. The number of rotatable bonds is 6. The highest BCUT2D eigenvalue weighted by Gasteiger charge is 2.30. The molecule has 1 heterocycles. The van der Waals surface area contributed by atoms with E-state index in [1.807, 2.05) is 18.2 Å². The first-order valence-electron chi connectivity index (χ1n) is 11.6. The van der Waals surface area contributed by atoms with Crippen molar-refractivity contribution in [1.29, 1.82) is 0 Å². The number of piperidine rings is 1. The van der Waals surface area contributed by atoms with Gasteiger partial charge in [-0.3, -0.25) is 4.79 Å². The third kappa shape index (κ3) is 5.00. The van der Waals surface area contributed by atoms with E-state index in [4.69, 9.17) is 4.74 Å². The van der Waals surface area contributed by atoms with Crippen molar-refractivity contribution in [3.05, 3.63) is 65.0 Å². The molecule has 0 radical (unpaired) electrons. The Morgan fingerprint density at radius 1 is 1.09 bits per heavy atom. The fourth-order valence-electron chi connectivity index (χ4n) is 4.69. The van der Waals surface area contributed by atoms with Crippen LogP contribution in [0.1, 0.15) is 59.6 Å². The lowest BCUT2D eigenvalue weighted by Gasteiger charge is -2.33. The number of esters is 1. The Balaban J connectivity index is 1.43. The highest BCUT2D eigenvalue weighted by atomic mass is 32.2. The van der Waals surface area contributed by atoms with E-state index >= 15 is 0 Å². The summed E-state index contributed by atoms with van der Waals surface area (Å²) in [5.74, 6) is -2.16. The standard InChI is InChI=1S/C25H29FN2O5S/c1-27(22-11-7-9-18-8-3-4-10-20(18)22)24(29)17-33-25(30)19-12-13-21(26)23(16-19)34(31,32)28-14-5-2-6-15-28/h3-4,8,10,12-13,16,22H,2,5-7,9,11,14-15,17H2,1H3. The molecule has 2 aromatic rings. The number of aryl methyl sites for hydroxylation is 1. The number of nitrogens with zero attached hydrogens (tertiary/aromatic N) is 2. The first-order valence-corrected chi connectivity index (χ1v) is 13.0. The monoisotopic (exact) mass is 488 g/mol. The van der Waals surface area contributed by atoms with Crippen LogP contribution in [0.4, 0.5) is 4.39 Å². The van der Waals surface area contributed by atoms with Crippen LogP contribution in [-0.4, -0.2) is 56.2 Å². The Labute approximate surface area is 199 Å². The maximum absolute atomic E-state index is 14.4. The number of ether oxygens (including phenoxy) is 1. The zero-order valence-electron chi connectivity index (χ0n) is 19.2. The molecule has 1 amide bonds. The smallest absolute Gasteiger partial charge is 0.338 e. The zero-order chi connectivity index (χ0) is 24.3. The summed E-state index contributed by atoms with van der Waals surface area (Å²) in [6.45, 7) is 0.155. The van der Waals surface area contributed by atoms with E-state index in [9.17, 15) is 22.4 Å². The predicted octanol–water partition coefficient (Wildman–Crippen LogP) is 3.69. The summed E-state index contributed by atoms with van der Waals surface area (Å²) in [7, 11) is -2.38. The topological polar surface area (TPSA) is 84.0 Å². The number of amides is 1. The summed E-state index contributed by atoms with van der Waals surface area (Å²) >= 11 is 0. The van der Waals surface area contributed by atoms with Crippen LogP contribution in [0.25, 0.3) is 0 Å². The number of carbonyl (C=O) groups is 2. The number of benzene rings is 2. The van der Waals surface area contributed by atoms with Crippen LogP contribution in [0.3, 0.4) is 0 Å². The van der Waals surface area contributed by atoms with Crippen LogP contribution in [-0.2, 0) is 26.0 Å². The highest BCUT2D eigenvalue weighted by Crippen LogP contribution is 2.33. The molecule has 2 aliphatic rings. The normalized spacial score (nSPS) is 18.7. The van der Waals surface area contributed by atoms with Gasteiger partial charge in [-0.05, 0) is 61.4 Å². The Bertz CT molecular complexity index is 1180. The van der Waals surface area contributed by atoms with Gasteiger partial charge in [0.1, 0.15) is 10.7 Å². The number of hydrogen-bond donors (Lipinski definition) is 0. The number of halogens is 1. The van der Waals surface area contributed by atoms with E-state index in [0.29, 0.717) is 25.9 Å². The van der Waals surface area contributed by atoms with Crippen molar-refractivity contribution in [2.45, 2.75) is 49.5 Å². The molecule has 182 valence electrons. The lowest BCUT2D eigenvalue weighted by Crippen LogP contribution is -2.36. The van der Waals surface area contributed by atoms with Gasteiger partial charge in [0.25, 0.3) is 5.91 Å². The molecule has 0 N–H and O–H groups in total. The summed E-state index contributed by atoms with van der Waals surface area (Å²) in [5.41, 5.74) is 2.20. The van der Waals surface area contributed by atoms with Gasteiger partial charge in [-0.25, -0.2) is 17.6 Å². The molecule has 1 saturated heterocycles. The van der Waals surface area contributed by atoms with Crippen LogP contribution < -0.4 is 0 Å². The minimum atomic E-state index is -4.06. The molecular formula is C25H29FN2O5S. The second-order valence-electron chi connectivity index (χ2n) is 8.80. The molecule has 2 aromatic carbocycles. The quantitative estimate of drug-likeness (QED) is 0.579. The minimum Gasteiger partial charge on any atom is -0.452 e. The minimum absolute atomic E-state index is 0.0942. The summed E-state index contributed by atoms with van der Waals surface area (Å²) in [5, 5.41) is 0. The van der Waals surface area contributed by atoms with Crippen molar-refractivity contribution < 1.29 is 27.1 Å². The van der Waals surface area contributed by atoms with E-state index in [1.165, 1.54) is 15.9 Å². The van der Waals surface area contributed by atoms with E-state index in [-0.39, 0.29) is 17.5 Å². The maximum Gasteiger partial charge on any atom is 0.338 e. The molecule has 1 aliphatic heterocycles. The third-order valence-electron chi connectivity index (χ3n) is 6.63. The average molecular weight is 489 g/mol. The van der Waals surface area contributed by atoms with Gasteiger partial charge in [-0.15, -0.1) is 0 Å². The van der Waals surface area contributed by atoms with E-state index in [1.54, 1.807) is 11.9 Å². The molecule has 1 aliphatic carbocycles. The SMILES string of the molecule is CN(C(=O)COC(=O)c1ccc(F)c(S(=O)(=O)N2CCCCC2)c1)C1CCCc2ccccc21. The van der Waals surface area contributed by atoms with Crippen molar-refractivity contribution in [3.8, 4) is 0 Å². The molecule has 0 aromatic heterocycles. The first-order chi connectivity index (χ1) is 16.3. The van der Waals surface area contributed by atoms with Crippen molar-refractivity contribution in [2.24, 2.45) is 0 Å². The van der Waals surface area contributed by atoms with Crippen molar-refractivity contribution in [2.75, 3.05) is 26.7 Å². The Morgan fingerprint density at radius 2 is 1.82 bits per heavy atom. The summed E-state index contributed by atoms with van der Waals surface area (Å²) < 4.78 is 46.6. The van der Waals surface area contributed by atoms with Gasteiger partial charge in [0.2, 0.25) is 10.0 Å². The molecule has 7 nitrogen and oxygen atoms in total. The molecule has 1 fully saturated rings. The molecular weight excluding hydrogens is 459 g/mol. The predicted molar refractivity (Wildman–Crippen MR) is 124 cm³/mol. The van der Waals surface area contributed by atoms with Crippen LogP contribution in [0, 0.1) is 5.82 Å². The fraction of sp³-hybridized carbons (Fsp3) is 0.440. The van der Waals surface area contributed by atoms with Gasteiger partial charge >= 0.3 is 5.97 Å². The van der Waals surface area contributed by atoms with Crippen LogP contribution >= 0.6 is 0 Å². The van der Waals surface area contributed by atoms with Crippen LogP contribution in [0.2, 0.25) is 0 Å². The summed E-state index contributed by atoms with van der Waals surface area (Å²) in [4.78, 5) is 26.4. The van der Waals surface area contributed by atoms with Crippen molar-refractivity contribution in [1.82, 2.24) is 9.21 Å². The number of fused-ring (bicyclic) bond motifs is 1. The number of sulfonamides is 1. The average Bonchev–Trinajstić information content (AvgIpc) is 2.87. The molecule has 0 bridgehead atoms. The van der Waals surface area contributed by atoms with Gasteiger partial charge < -0.3 is 9.64 Å². The number of carbonyl (C=O) groups excluding carboxylic acids is 2. The summed E-state index contributed by atoms with van der Waals surface area (Å²) in [6, 6.07) is 11.0. The third-order valence-corrected chi connectivity index (χ3v) is 8.54. The van der Waals surface area contributed by atoms with Crippen LogP contribution in [0.5, 0.6) is 0 Å². The Kier molecular flexibility index (Phi) is 7.33. The molecule has 9 heteroatoms. The molecule has 34 heavy (non-hydrogen) atoms. The van der Waals surface area contributed by atoms with Crippen molar-refractivity contribution in [3.63, 3.8) is 0 Å². The largest absolute Gasteiger partial charge is 0.452 e. The first kappa shape index (κ1) is 24.3. The molecule has 1 atom stereocenters. The van der Waals surface area contributed by atoms with E-state index < -0.39 is 33.3 Å². The van der Waals surface area contributed by atoms with Crippen molar-refractivity contribution >= 4 is 21.9 Å². The van der Waals surface area contributed by atoms with Gasteiger partial charge in [0, 0.05) is 20.1 Å². The maximum atomic E-state index is 14.4. The Hall–Kier alpha value is -2.78. The summed E-state index contributed by atoms with van der Waals surface area (Å²) in [6.07, 6.45) is 5.10. The number of hydrogen-bond acceptors (Lipinski definition) is 5. The number of likely N-dealkylation sites (N-methyl/N-ethyl adjacent to an activating group) is 1. The van der Waals surface area contributed by atoms with Crippen LogP contribution in [0.15, 0.2) is 47.4 Å². The lowest BCUT2D eigenvalue weighted by atomic mass is 9.87. The molecule has 4 rings (SSSR count). The van der Waals surface area contributed by atoms with Gasteiger partial charge in [0.05, 0.1) is 11.6 Å². The molecule has 1 unspecified atom stereocenters. The second kappa shape index (κ2) is 10.2. The highest BCUT2D eigenvalue weighted by molar-refractivity contribution is 7.89. The van der Waals surface area contributed by atoms with Gasteiger partial charge in [-0.2, -0.15) is 4.31 Å². The second-order valence-corrected chi connectivity index (χ2v) is 10.7. The lowest BCUT2D eigenvalue weighted by molar-refractivity contribution is -0.135. The molecule has 0 saturated carbocycles. The Morgan fingerprint density at radius 3 is 2.59 bits per heavy atom. The van der Waals surface area contributed by atoms with E-state index in [0.717, 1.165) is 43.4 Å². The zero-order valence-corrected chi connectivity index (χ0v) is 20.0.